The Morgan fingerprint density at radius 3 is 2.89 bits per heavy atom. The summed E-state index contributed by atoms with van der Waals surface area (Å²) >= 11 is 0. The number of phenolic OH excluding ortho intramolecular Hbond substituents is 1. The van der Waals surface area contributed by atoms with Gasteiger partial charge in [0.15, 0.2) is 11.6 Å². The fraction of sp³-hybridized carbons (Fsp3) is 0.571. The minimum Gasteiger partial charge on any atom is -0.505 e. The topological polar surface area (TPSA) is 35.5 Å². The molecule has 2 N–H and O–H groups in total. The third-order valence-corrected chi connectivity index (χ3v) is 3.64. The molecular weight excluding hydrogens is 231 g/mol. The molecule has 0 aliphatic heterocycles. The molecule has 1 saturated carbocycles. The van der Waals surface area contributed by atoms with Crippen LogP contribution in [0.15, 0.2) is 18.2 Å². The standard InChI is InChI=1S/C14H21FN2O/c1-10(17(2)12-6-7-12)8-16-9-11-4-3-5-13(15)14(11)18/h3-5,10,12,16,18H,6-9H2,1-2H3. The molecule has 100 valence electrons. The summed E-state index contributed by atoms with van der Waals surface area (Å²) in [4.78, 5) is 2.37. The normalized spacial score (nSPS) is 17.1. The maximum Gasteiger partial charge on any atom is 0.165 e. The second kappa shape index (κ2) is 5.67. The van der Waals surface area contributed by atoms with Gasteiger partial charge in [-0.15, -0.1) is 0 Å². The Bertz CT molecular complexity index is 407. The van der Waals surface area contributed by atoms with Crippen molar-refractivity contribution in [3.05, 3.63) is 29.6 Å². The van der Waals surface area contributed by atoms with Crippen LogP contribution >= 0.6 is 0 Å². The summed E-state index contributed by atoms with van der Waals surface area (Å²) in [5.74, 6) is -0.800. The monoisotopic (exact) mass is 252 g/mol. The van der Waals surface area contributed by atoms with Gasteiger partial charge in [0, 0.05) is 30.7 Å². The molecule has 1 fully saturated rings. The van der Waals surface area contributed by atoms with Crippen LogP contribution in [0.5, 0.6) is 5.75 Å². The Morgan fingerprint density at radius 2 is 2.22 bits per heavy atom. The van der Waals surface area contributed by atoms with Crippen molar-refractivity contribution < 1.29 is 9.50 Å². The maximum absolute atomic E-state index is 13.1. The summed E-state index contributed by atoms with van der Waals surface area (Å²) in [5, 5.41) is 12.8. The van der Waals surface area contributed by atoms with Crippen LogP contribution in [0.2, 0.25) is 0 Å². The summed E-state index contributed by atoms with van der Waals surface area (Å²) in [6.07, 6.45) is 2.59. The number of nitrogens with one attached hydrogen (secondary N) is 1. The molecule has 2 rings (SSSR count). The molecule has 3 nitrogen and oxygen atoms in total. The molecule has 0 aromatic heterocycles. The highest BCUT2D eigenvalue weighted by molar-refractivity contribution is 5.33. The summed E-state index contributed by atoms with van der Waals surface area (Å²) in [5.41, 5.74) is 0.608. The molecule has 1 aliphatic rings. The lowest BCUT2D eigenvalue weighted by atomic mass is 10.2. The van der Waals surface area contributed by atoms with Crippen LogP contribution in [-0.4, -0.2) is 35.7 Å². The maximum atomic E-state index is 13.1. The molecule has 0 amide bonds. The van der Waals surface area contributed by atoms with E-state index in [-0.39, 0.29) is 5.75 Å². The summed E-state index contributed by atoms with van der Waals surface area (Å²) in [6, 6.07) is 5.81. The van der Waals surface area contributed by atoms with Crippen LogP contribution in [0, 0.1) is 5.82 Å². The van der Waals surface area contributed by atoms with Gasteiger partial charge in [0.05, 0.1) is 0 Å². The summed E-state index contributed by atoms with van der Waals surface area (Å²) in [6.45, 7) is 3.51. The molecule has 0 heterocycles. The third-order valence-electron chi connectivity index (χ3n) is 3.64. The quantitative estimate of drug-likeness (QED) is 0.814. The van der Waals surface area contributed by atoms with Gasteiger partial charge in [-0.3, -0.25) is 4.90 Å². The van der Waals surface area contributed by atoms with Crippen molar-refractivity contribution in [1.82, 2.24) is 10.2 Å². The Labute approximate surface area is 108 Å². The fourth-order valence-corrected chi connectivity index (χ4v) is 2.10. The summed E-state index contributed by atoms with van der Waals surface area (Å²) < 4.78 is 13.1. The smallest absolute Gasteiger partial charge is 0.165 e. The zero-order valence-electron chi connectivity index (χ0n) is 11.0. The second-order valence-corrected chi connectivity index (χ2v) is 5.12. The van der Waals surface area contributed by atoms with Crippen LogP contribution in [0.3, 0.4) is 0 Å². The van der Waals surface area contributed by atoms with Crippen LogP contribution < -0.4 is 5.32 Å². The Morgan fingerprint density at radius 1 is 1.50 bits per heavy atom. The molecule has 1 unspecified atom stereocenters. The molecule has 1 aromatic rings. The Balaban J connectivity index is 1.79. The molecule has 0 saturated heterocycles. The zero-order valence-corrected chi connectivity index (χ0v) is 11.0. The van der Waals surface area contributed by atoms with Crippen LogP contribution in [-0.2, 0) is 6.54 Å². The zero-order chi connectivity index (χ0) is 13.1. The van der Waals surface area contributed by atoms with Crippen molar-refractivity contribution in [3.63, 3.8) is 0 Å². The first-order chi connectivity index (χ1) is 8.59. The molecule has 0 bridgehead atoms. The van der Waals surface area contributed by atoms with Gasteiger partial charge in [-0.05, 0) is 32.9 Å². The average Bonchev–Trinajstić information content (AvgIpc) is 3.17. The number of aromatic hydroxyl groups is 1. The number of halogens is 1. The van der Waals surface area contributed by atoms with E-state index in [1.807, 2.05) is 0 Å². The molecule has 1 aromatic carbocycles. The molecule has 0 radical (unpaired) electrons. The minimum atomic E-state index is -0.558. The minimum absolute atomic E-state index is 0.242. The van der Waals surface area contributed by atoms with Gasteiger partial charge < -0.3 is 10.4 Å². The number of para-hydroxylation sites is 1. The SMILES string of the molecule is CC(CNCc1cccc(F)c1O)N(C)C1CC1. The van der Waals surface area contributed by atoms with E-state index in [0.29, 0.717) is 18.2 Å². The lowest BCUT2D eigenvalue weighted by Crippen LogP contribution is -2.38. The first-order valence-electron chi connectivity index (χ1n) is 6.48. The van der Waals surface area contributed by atoms with Crippen molar-refractivity contribution in [3.8, 4) is 5.75 Å². The number of benzene rings is 1. The molecule has 1 atom stereocenters. The Kier molecular flexibility index (Phi) is 4.19. The van der Waals surface area contributed by atoms with Gasteiger partial charge in [-0.2, -0.15) is 0 Å². The predicted molar refractivity (Wildman–Crippen MR) is 70.0 cm³/mol. The number of likely N-dealkylation sites (N-methyl/N-ethyl adjacent to an activating group) is 1. The second-order valence-electron chi connectivity index (χ2n) is 5.12. The van der Waals surface area contributed by atoms with Gasteiger partial charge >= 0.3 is 0 Å². The average molecular weight is 252 g/mol. The lowest BCUT2D eigenvalue weighted by molar-refractivity contribution is 0.240. The first kappa shape index (κ1) is 13.3. The predicted octanol–water partition coefficient (Wildman–Crippen LogP) is 2.10. The van der Waals surface area contributed by atoms with Crippen molar-refractivity contribution in [2.24, 2.45) is 0 Å². The van der Waals surface area contributed by atoms with Gasteiger partial charge in [0.1, 0.15) is 0 Å². The van der Waals surface area contributed by atoms with E-state index >= 15 is 0 Å². The number of hydrogen-bond acceptors (Lipinski definition) is 3. The van der Waals surface area contributed by atoms with E-state index in [1.165, 1.54) is 18.9 Å². The highest BCUT2D eigenvalue weighted by atomic mass is 19.1. The molecule has 1 aliphatic carbocycles. The van der Waals surface area contributed by atoms with Gasteiger partial charge in [0.25, 0.3) is 0 Å². The van der Waals surface area contributed by atoms with Crippen molar-refractivity contribution in [2.75, 3.05) is 13.6 Å². The number of hydrogen-bond donors (Lipinski definition) is 2. The van der Waals surface area contributed by atoms with Crippen molar-refractivity contribution in [2.45, 2.75) is 38.4 Å². The molecular formula is C14H21FN2O. The first-order valence-corrected chi connectivity index (χ1v) is 6.48. The van der Waals surface area contributed by atoms with E-state index in [1.54, 1.807) is 12.1 Å². The van der Waals surface area contributed by atoms with Gasteiger partial charge in [-0.25, -0.2) is 4.39 Å². The van der Waals surface area contributed by atoms with Crippen LogP contribution in [0.4, 0.5) is 4.39 Å². The highest BCUT2D eigenvalue weighted by Crippen LogP contribution is 2.26. The van der Waals surface area contributed by atoms with Gasteiger partial charge in [0.2, 0.25) is 0 Å². The summed E-state index contributed by atoms with van der Waals surface area (Å²) in [7, 11) is 2.14. The fourth-order valence-electron chi connectivity index (χ4n) is 2.10. The number of phenols is 1. The largest absolute Gasteiger partial charge is 0.505 e. The van der Waals surface area contributed by atoms with E-state index < -0.39 is 5.82 Å². The van der Waals surface area contributed by atoms with E-state index in [2.05, 4.69) is 24.2 Å². The van der Waals surface area contributed by atoms with E-state index in [0.717, 1.165) is 12.6 Å². The van der Waals surface area contributed by atoms with Crippen LogP contribution in [0.25, 0.3) is 0 Å². The Hall–Kier alpha value is -1.13. The number of rotatable bonds is 6. The van der Waals surface area contributed by atoms with E-state index in [4.69, 9.17) is 0 Å². The third kappa shape index (κ3) is 3.21. The van der Waals surface area contributed by atoms with Crippen molar-refractivity contribution >= 4 is 0 Å². The molecule has 18 heavy (non-hydrogen) atoms. The highest BCUT2D eigenvalue weighted by Gasteiger charge is 2.28. The van der Waals surface area contributed by atoms with Crippen LogP contribution in [0.1, 0.15) is 25.3 Å². The molecule has 4 heteroatoms. The lowest BCUT2D eigenvalue weighted by Gasteiger charge is -2.24. The van der Waals surface area contributed by atoms with E-state index in [9.17, 15) is 9.50 Å². The molecule has 0 spiro atoms. The number of nitrogens with zero attached hydrogens (tertiary/aromatic N) is 1. The van der Waals surface area contributed by atoms with Crippen molar-refractivity contribution in [1.29, 1.82) is 0 Å². The van der Waals surface area contributed by atoms with Gasteiger partial charge in [-0.1, -0.05) is 12.1 Å².